The van der Waals surface area contributed by atoms with Crippen molar-refractivity contribution in [1.82, 2.24) is 24.8 Å². The van der Waals surface area contributed by atoms with Gasteiger partial charge in [0.25, 0.3) is 5.91 Å². The fraction of sp³-hybridized carbons (Fsp3) is 0.550. The molecule has 1 fully saturated rings. The minimum absolute atomic E-state index is 0.0460. The van der Waals surface area contributed by atoms with Crippen LogP contribution in [0, 0.1) is 0 Å². The maximum Gasteiger partial charge on any atom is 0.276 e. The molecular weight excluding hydrogens is 342 g/mol. The molecule has 0 unspecified atom stereocenters. The van der Waals surface area contributed by atoms with E-state index in [1.807, 2.05) is 30.7 Å². The molecule has 1 aromatic carbocycles. The highest BCUT2D eigenvalue weighted by atomic mass is 16.5. The van der Waals surface area contributed by atoms with Gasteiger partial charge in [-0.3, -0.25) is 9.69 Å². The number of carbonyl (C=O) groups is 1. The van der Waals surface area contributed by atoms with Gasteiger partial charge in [0.2, 0.25) is 0 Å². The Bertz CT molecular complexity index is 756. The molecule has 0 bridgehead atoms. The van der Waals surface area contributed by atoms with Crippen molar-refractivity contribution in [2.75, 3.05) is 33.3 Å². The zero-order valence-electron chi connectivity index (χ0n) is 16.5. The largest absolute Gasteiger partial charge is 0.497 e. The first-order valence-corrected chi connectivity index (χ1v) is 9.71. The summed E-state index contributed by atoms with van der Waals surface area (Å²) in [5.41, 5.74) is 1.68. The third-order valence-corrected chi connectivity index (χ3v) is 5.18. The predicted molar refractivity (Wildman–Crippen MR) is 104 cm³/mol. The monoisotopic (exact) mass is 371 g/mol. The van der Waals surface area contributed by atoms with E-state index >= 15 is 0 Å². The van der Waals surface area contributed by atoms with Gasteiger partial charge in [-0.2, -0.15) is 0 Å². The fourth-order valence-electron chi connectivity index (χ4n) is 3.65. The van der Waals surface area contributed by atoms with E-state index in [-0.39, 0.29) is 11.9 Å². The van der Waals surface area contributed by atoms with Crippen LogP contribution in [0.1, 0.15) is 48.8 Å². The van der Waals surface area contributed by atoms with Crippen LogP contribution in [-0.2, 0) is 6.54 Å². The lowest BCUT2D eigenvalue weighted by Gasteiger charge is -2.32. The van der Waals surface area contributed by atoms with Crippen LogP contribution in [0.15, 0.2) is 30.5 Å². The first-order chi connectivity index (χ1) is 13.1. The third kappa shape index (κ3) is 4.66. The highest BCUT2D eigenvalue weighted by Crippen LogP contribution is 2.23. The lowest BCUT2D eigenvalue weighted by Crippen LogP contribution is -2.36. The fourth-order valence-corrected chi connectivity index (χ4v) is 3.65. The quantitative estimate of drug-likeness (QED) is 0.749. The molecule has 0 aliphatic carbocycles. The van der Waals surface area contributed by atoms with Gasteiger partial charge in [0, 0.05) is 26.2 Å². The van der Waals surface area contributed by atoms with Crippen molar-refractivity contribution < 1.29 is 9.53 Å². The first-order valence-electron chi connectivity index (χ1n) is 9.71. The number of nitrogens with zero attached hydrogens (tertiary/aromatic N) is 5. The second-order valence-corrected chi connectivity index (χ2v) is 6.94. The van der Waals surface area contributed by atoms with Crippen LogP contribution in [0.3, 0.4) is 0 Å². The van der Waals surface area contributed by atoms with Crippen LogP contribution < -0.4 is 4.74 Å². The van der Waals surface area contributed by atoms with Crippen molar-refractivity contribution in [1.29, 1.82) is 0 Å². The zero-order chi connectivity index (χ0) is 19.2. The summed E-state index contributed by atoms with van der Waals surface area (Å²) in [6.45, 7) is 8.16. The molecule has 1 aliphatic rings. The molecule has 2 heterocycles. The topological polar surface area (TPSA) is 63.5 Å². The summed E-state index contributed by atoms with van der Waals surface area (Å²) >= 11 is 0. The molecule has 146 valence electrons. The standard InChI is InChI=1S/C20H29N5O2/c1-4-24(5-2)20(26)19-15-25(22-21-19)17-9-7-11-23(14-17)13-16-8-6-10-18(12-16)27-3/h6,8,10,12,15,17H,4-5,7,9,11,13-14H2,1-3H3/t17-/m1/s1. The summed E-state index contributed by atoms with van der Waals surface area (Å²) in [6.07, 6.45) is 3.96. The SMILES string of the molecule is CCN(CC)C(=O)c1cn([C@@H]2CCCN(Cc3cccc(OC)c3)C2)nn1. The van der Waals surface area contributed by atoms with Crippen LogP contribution >= 0.6 is 0 Å². The number of rotatable bonds is 7. The van der Waals surface area contributed by atoms with Gasteiger partial charge in [-0.05, 0) is 50.9 Å². The Morgan fingerprint density at radius 2 is 2.15 bits per heavy atom. The number of benzene rings is 1. The van der Waals surface area contributed by atoms with Crippen LogP contribution in [-0.4, -0.2) is 64.0 Å². The minimum Gasteiger partial charge on any atom is -0.497 e. The van der Waals surface area contributed by atoms with E-state index in [1.54, 1.807) is 18.2 Å². The van der Waals surface area contributed by atoms with E-state index in [4.69, 9.17) is 4.74 Å². The number of methoxy groups -OCH3 is 1. The van der Waals surface area contributed by atoms with Crippen LogP contribution in [0.25, 0.3) is 0 Å². The van der Waals surface area contributed by atoms with Crippen molar-refractivity contribution in [2.45, 2.75) is 39.3 Å². The second-order valence-electron chi connectivity index (χ2n) is 6.94. The van der Waals surface area contributed by atoms with Crippen LogP contribution in [0.4, 0.5) is 0 Å². The summed E-state index contributed by atoms with van der Waals surface area (Å²) in [5.74, 6) is 0.840. The zero-order valence-corrected chi connectivity index (χ0v) is 16.5. The van der Waals surface area contributed by atoms with Crippen molar-refractivity contribution in [3.63, 3.8) is 0 Å². The van der Waals surface area contributed by atoms with E-state index < -0.39 is 0 Å². The van der Waals surface area contributed by atoms with Gasteiger partial charge in [-0.15, -0.1) is 5.10 Å². The molecule has 3 rings (SSSR count). The Labute approximate surface area is 160 Å². The average molecular weight is 371 g/mol. The summed E-state index contributed by atoms with van der Waals surface area (Å²) in [5, 5.41) is 8.38. The Morgan fingerprint density at radius 3 is 2.89 bits per heavy atom. The molecule has 2 aromatic rings. The summed E-state index contributed by atoms with van der Waals surface area (Å²) in [7, 11) is 1.69. The second kappa shape index (κ2) is 8.99. The summed E-state index contributed by atoms with van der Waals surface area (Å²) in [4.78, 5) is 16.7. The van der Waals surface area contributed by atoms with Crippen molar-refractivity contribution in [3.05, 3.63) is 41.7 Å². The van der Waals surface area contributed by atoms with Gasteiger partial charge in [0.1, 0.15) is 5.75 Å². The smallest absolute Gasteiger partial charge is 0.276 e. The minimum atomic E-state index is -0.0460. The molecule has 1 amide bonds. The number of piperidine rings is 1. The average Bonchev–Trinajstić information content (AvgIpc) is 3.19. The van der Waals surface area contributed by atoms with E-state index in [9.17, 15) is 4.79 Å². The molecule has 1 atom stereocenters. The van der Waals surface area contributed by atoms with Crippen LogP contribution in [0.5, 0.6) is 5.75 Å². The van der Waals surface area contributed by atoms with E-state index in [0.29, 0.717) is 18.8 Å². The first kappa shape index (κ1) is 19.4. The van der Waals surface area contributed by atoms with Gasteiger partial charge >= 0.3 is 0 Å². The normalized spacial score (nSPS) is 17.7. The van der Waals surface area contributed by atoms with Crippen molar-refractivity contribution in [3.8, 4) is 5.75 Å². The van der Waals surface area contributed by atoms with Gasteiger partial charge in [-0.25, -0.2) is 4.68 Å². The Morgan fingerprint density at radius 1 is 1.33 bits per heavy atom. The lowest BCUT2D eigenvalue weighted by molar-refractivity contribution is 0.0767. The van der Waals surface area contributed by atoms with Gasteiger partial charge in [0.05, 0.1) is 19.3 Å². The van der Waals surface area contributed by atoms with Crippen molar-refractivity contribution in [2.24, 2.45) is 0 Å². The Balaban J connectivity index is 1.65. The number of ether oxygens (including phenoxy) is 1. The summed E-state index contributed by atoms with van der Waals surface area (Å²) < 4.78 is 7.19. The van der Waals surface area contributed by atoms with Crippen molar-refractivity contribution >= 4 is 5.91 Å². The molecule has 7 heteroatoms. The number of likely N-dealkylation sites (tertiary alicyclic amines) is 1. The molecule has 7 nitrogen and oxygen atoms in total. The van der Waals surface area contributed by atoms with E-state index in [2.05, 4.69) is 27.3 Å². The third-order valence-electron chi connectivity index (χ3n) is 5.18. The maximum atomic E-state index is 12.5. The Hall–Kier alpha value is -2.41. The van der Waals surface area contributed by atoms with Crippen LogP contribution in [0.2, 0.25) is 0 Å². The highest BCUT2D eigenvalue weighted by Gasteiger charge is 2.24. The lowest BCUT2D eigenvalue weighted by atomic mass is 10.0. The molecule has 1 saturated heterocycles. The predicted octanol–water partition coefficient (Wildman–Crippen LogP) is 2.61. The number of aromatic nitrogens is 3. The van der Waals surface area contributed by atoms with Gasteiger partial charge in [-0.1, -0.05) is 17.3 Å². The molecule has 0 N–H and O–H groups in total. The molecule has 1 aliphatic heterocycles. The molecule has 1 aromatic heterocycles. The number of hydrogen-bond acceptors (Lipinski definition) is 5. The number of amides is 1. The van der Waals surface area contributed by atoms with E-state index in [1.165, 1.54) is 5.56 Å². The molecule has 27 heavy (non-hydrogen) atoms. The molecule has 0 spiro atoms. The number of hydrogen-bond donors (Lipinski definition) is 0. The maximum absolute atomic E-state index is 12.5. The molecular formula is C20H29N5O2. The summed E-state index contributed by atoms with van der Waals surface area (Å²) in [6, 6.07) is 8.45. The Kier molecular flexibility index (Phi) is 6.45. The highest BCUT2D eigenvalue weighted by molar-refractivity contribution is 5.91. The van der Waals surface area contributed by atoms with E-state index in [0.717, 1.165) is 38.2 Å². The van der Waals surface area contributed by atoms with Gasteiger partial charge in [0.15, 0.2) is 5.69 Å². The molecule has 0 radical (unpaired) electrons. The van der Waals surface area contributed by atoms with Gasteiger partial charge < -0.3 is 9.64 Å². The number of carbonyl (C=O) groups excluding carboxylic acids is 1. The molecule has 0 saturated carbocycles.